The van der Waals surface area contributed by atoms with Gasteiger partial charge in [-0.2, -0.15) is 0 Å². The number of thiophene rings is 1. The van der Waals surface area contributed by atoms with Crippen LogP contribution in [0.1, 0.15) is 9.67 Å². The topological polar surface area (TPSA) is 49.8 Å². The van der Waals surface area contributed by atoms with E-state index in [1.165, 1.54) is 16.2 Å². The van der Waals surface area contributed by atoms with E-state index in [1.807, 2.05) is 0 Å². The van der Waals surface area contributed by atoms with Gasteiger partial charge in [0.1, 0.15) is 5.75 Å². The molecule has 5 heteroatoms. The molecule has 1 aromatic rings. The van der Waals surface area contributed by atoms with E-state index in [-0.39, 0.29) is 12.5 Å². The smallest absolute Gasteiger partial charge is 0.264 e. The molecule has 0 aliphatic heterocycles. The molecule has 0 aromatic carbocycles. The van der Waals surface area contributed by atoms with Crippen molar-refractivity contribution in [3.63, 3.8) is 0 Å². The van der Waals surface area contributed by atoms with Gasteiger partial charge in [0.25, 0.3) is 5.91 Å². The number of hydrogen-bond donors (Lipinski definition) is 1. The lowest BCUT2D eigenvalue weighted by atomic mass is 10.3. The van der Waals surface area contributed by atoms with Crippen molar-refractivity contribution in [2.45, 2.75) is 0 Å². The Morgan fingerprint density at radius 2 is 2.50 bits per heavy atom. The molecule has 16 heavy (non-hydrogen) atoms. The summed E-state index contributed by atoms with van der Waals surface area (Å²) in [6.07, 6.45) is 1.64. The Kier molecular flexibility index (Phi) is 5.01. The Morgan fingerprint density at radius 1 is 1.75 bits per heavy atom. The predicted octanol–water partition coefficient (Wildman–Crippen LogP) is 1.38. The van der Waals surface area contributed by atoms with E-state index in [0.717, 1.165) is 0 Å². The fraction of sp³-hybridized carbons (Fsp3) is 0.364. The van der Waals surface area contributed by atoms with Crippen LogP contribution in [0.2, 0.25) is 0 Å². The molecule has 1 rings (SSSR count). The Morgan fingerprint density at radius 3 is 3.00 bits per heavy atom. The molecule has 1 amide bonds. The maximum atomic E-state index is 12.0. The highest BCUT2D eigenvalue weighted by Gasteiger charge is 2.16. The summed E-state index contributed by atoms with van der Waals surface area (Å²) in [5, 5.41) is 10.6. The molecule has 0 bridgehead atoms. The number of ether oxygens (including phenoxy) is 1. The summed E-state index contributed by atoms with van der Waals surface area (Å²) < 4.78 is 5.01. The lowest BCUT2D eigenvalue weighted by molar-refractivity contribution is 0.0747. The molecule has 0 saturated heterocycles. The van der Waals surface area contributed by atoms with Crippen molar-refractivity contribution in [2.24, 2.45) is 0 Å². The highest BCUT2D eigenvalue weighted by atomic mass is 32.1. The van der Waals surface area contributed by atoms with Crippen LogP contribution in [0.3, 0.4) is 0 Å². The third-order valence-corrected chi connectivity index (χ3v) is 2.93. The Hall–Kier alpha value is -1.33. The Balaban J connectivity index is 2.76. The molecule has 4 nitrogen and oxygen atoms in total. The van der Waals surface area contributed by atoms with Gasteiger partial charge in [-0.3, -0.25) is 4.79 Å². The molecule has 0 atom stereocenters. The van der Waals surface area contributed by atoms with Gasteiger partial charge in [0.15, 0.2) is 0 Å². The minimum Gasteiger partial charge on any atom is -0.496 e. The fourth-order valence-corrected chi connectivity index (χ4v) is 2.07. The average Bonchev–Trinajstić information content (AvgIpc) is 2.76. The van der Waals surface area contributed by atoms with Crippen LogP contribution < -0.4 is 4.74 Å². The van der Waals surface area contributed by atoms with Crippen molar-refractivity contribution in [3.05, 3.63) is 29.0 Å². The van der Waals surface area contributed by atoms with E-state index in [1.54, 1.807) is 24.6 Å². The van der Waals surface area contributed by atoms with Gasteiger partial charge in [-0.1, -0.05) is 6.08 Å². The predicted molar refractivity (Wildman–Crippen MR) is 64.1 cm³/mol. The summed E-state index contributed by atoms with van der Waals surface area (Å²) in [5.41, 5.74) is 0. The second-order valence-electron chi connectivity index (χ2n) is 3.11. The summed E-state index contributed by atoms with van der Waals surface area (Å²) in [5.74, 6) is 0.568. The lowest BCUT2D eigenvalue weighted by Gasteiger charge is -2.18. The maximum absolute atomic E-state index is 12.0. The van der Waals surface area contributed by atoms with Gasteiger partial charge in [-0.15, -0.1) is 17.9 Å². The standard InChI is InChI=1S/C11H15NO3S/c1-3-4-12(5-6-13)11(14)10-7-9(15-2)8-16-10/h3,7-8,13H,1,4-6H2,2H3. The second kappa shape index (κ2) is 6.30. The first kappa shape index (κ1) is 12.7. The number of methoxy groups -OCH3 is 1. The SMILES string of the molecule is C=CCN(CCO)C(=O)c1cc(OC)cs1. The number of hydrogen-bond acceptors (Lipinski definition) is 4. The number of rotatable bonds is 6. The lowest BCUT2D eigenvalue weighted by Crippen LogP contribution is -2.33. The highest BCUT2D eigenvalue weighted by Crippen LogP contribution is 2.22. The molecule has 0 radical (unpaired) electrons. The summed E-state index contributed by atoms with van der Waals surface area (Å²) in [6, 6.07) is 1.69. The van der Waals surface area contributed by atoms with E-state index in [0.29, 0.717) is 23.7 Å². The van der Waals surface area contributed by atoms with Crippen LogP contribution in [-0.4, -0.2) is 42.7 Å². The molecular formula is C11H15NO3S. The first-order chi connectivity index (χ1) is 7.72. The summed E-state index contributed by atoms with van der Waals surface area (Å²) >= 11 is 1.33. The van der Waals surface area contributed by atoms with E-state index >= 15 is 0 Å². The number of aliphatic hydroxyl groups is 1. The number of carbonyl (C=O) groups is 1. The normalized spacial score (nSPS) is 9.88. The summed E-state index contributed by atoms with van der Waals surface area (Å²) in [7, 11) is 1.56. The van der Waals surface area contributed by atoms with E-state index in [4.69, 9.17) is 9.84 Å². The monoisotopic (exact) mass is 241 g/mol. The van der Waals surface area contributed by atoms with Gasteiger partial charge in [-0.25, -0.2) is 0 Å². The van der Waals surface area contributed by atoms with Crippen LogP contribution in [-0.2, 0) is 0 Å². The number of aliphatic hydroxyl groups excluding tert-OH is 1. The molecule has 0 fully saturated rings. The zero-order valence-electron chi connectivity index (χ0n) is 9.18. The van der Waals surface area contributed by atoms with Crippen LogP contribution in [0.15, 0.2) is 24.1 Å². The van der Waals surface area contributed by atoms with Crippen molar-refractivity contribution in [2.75, 3.05) is 26.8 Å². The van der Waals surface area contributed by atoms with Gasteiger partial charge in [0.2, 0.25) is 0 Å². The van der Waals surface area contributed by atoms with Gasteiger partial charge in [0.05, 0.1) is 18.6 Å². The zero-order chi connectivity index (χ0) is 12.0. The van der Waals surface area contributed by atoms with E-state index < -0.39 is 0 Å². The first-order valence-corrected chi connectivity index (χ1v) is 5.74. The number of nitrogens with zero attached hydrogens (tertiary/aromatic N) is 1. The molecule has 1 heterocycles. The molecule has 0 unspecified atom stereocenters. The first-order valence-electron chi connectivity index (χ1n) is 4.86. The quantitative estimate of drug-likeness (QED) is 0.765. The molecule has 88 valence electrons. The average molecular weight is 241 g/mol. The van der Waals surface area contributed by atoms with Crippen molar-refractivity contribution in [1.82, 2.24) is 4.90 Å². The fourth-order valence-electron chi connectivity index (χ4n) is 1.25. The number of amides is 1. The van der Waals surface area contributed by atoms with Gasteiger partial charge < -0.3 is 14.7 Å². The van der Waals surface area contributed by atoms with Gasteiger partial charge in [-0.05, 0) is 0 Å². The number of carbonyl (C=O) groups excluding carboxylic acids is 1. The van der Waals surface area contributed by atoms with Crippen molar-refractivity contribution < 1.29 is 14.6 Å². The minimum atomic E-state index is -0.109. The highest BCUT2D eigenvalue weighted by molar-refractivity contribution is 7.12. The molecule has 1 N–H and O–H groups in total. The van der Waals surface area contributed by atoms with Crippen molar-refractivity contribution in [3.8, 4) is 5.75 Å². The third-order valence-electron chi connectivity index (χ3n) is 2.03. The molecular weight excluding hydrogens is 226 g/mol. The summed E-state index contributed by atoms with van der Waals surface area (Å²) in [6.45, 7) is 4.27. The van der Waals surface area contributed by atoms with Crippen molar-refractivity contribution >= 4 is 17.2 Å². The Labute approximate surface area is 98.8 Å². The van der Waals surface area contributed by atoms with Crippen LogP contribution in [0.4, 0.5) is 0 Å². The van der Waals surface area contributed by atoms with Crippen LogP contribution >= 0.6 is 11.3 Å². The van der Waals surface area contributed by atoms with E-state index in [9.17, 15) is 4.79 Å². The zero-order valence-corrected chi connectivity index (χ0v) is 10.00. The van der Waals surface area contributed by atoms with Crippen LogP contribution in [0.25, 0.3) is 0 Å². The van der Waals surface area contributed by atoms with E-state index in [2.05, 4.69) is 6.58 Å². The van der Waals surface area contributed by atoms with Crippen molar-refractivity contribution in [1.29, 1.82) is 0 Å². The molecule has 0 aliphatic rings. The van der Waals surface area contributed by atoms with Gasteiger partial charge >= 0.3 is 0 Å². The second-order valence-corrected chi connectivity index (χ2v) is 4.03. The van der Waals surface area contributed by atoms with Crippen LogP contribution in [0, 0.1) is 0 Å². The molecule has 1 aromatic heterocycles. The maximum Gasteiger partial charge on any atom is 0.264 e. The minimum absolute atomic E-state index is 0.0535. The van der Waals surface area contributed by atoms with Crippen LogP contribution in [0.5, 0.6) is 5.75 Å². The molecule has 0 aliphatic carbocycles. The molecule has 0 spiro atoms. The molecule has 0 saturated carbocycles. The van der Waals surface area contributed by atoms with Gasteiger partial charge in [0, 0.05) is 24.5 Å². The summed E-state index contributed by atoms with van der Waals surface area (Å²) in [4.78, 5) is 14.1. The largest absolute Gasteiger partial charge is 0.496 e. The Bertz CT molecular complexity index is 362. The third kappa shape index (κ3) is 3.08.